The molecule has 0 radical (unpaired) electrons. The Morgan fingerprint density at radius 3 is 1.61 bits per heavy atom. The fraction of sp³-hybridized carbons (Fsp3) is 0.933. The summed E-state index contributed by atoms with van der Waals surface area (Å²) in [5.74, 6) is 2.74. The van der Waals surface area contributed by atoms with Crippen LogP contribution in [0.5, 0.6) is 0 Å². The largest absolute Gasteiger partial charge is 0.354 e. The van der Waals surface area contributed by atoms with Gasteiger partial charge in [0.05, 0.1) is 31.2 Å². The summed E-state index contributed by atoms with van der Waals surface area (Å²) >= 11 is 0. The lowest BCUT2D eigenvalue weighted by Crippen LogP contribution is -2.59. The Kier molecular flexibility index (Phi) is 6.59. The van der Waals surface area contributed by atoms with Crippen LogP contribution < -0.4 is 0 Å². The number of amides is 2. The van der Waals surface area contributed by atoms with E-state index in [0.29, 0.717) is 31.5 Å². The van der Waals surface area contributed by atoms with Gasteiger partial charge in [-0.15, -0.1) is 0 Å². The highest BCUT2D eigenvalue weighted by Gasteiger charge is 2.59. The Morgan fingerprint density at radius 1 is 0.750 bits per heavy atom. The van der Waals surface area contributed by atoms with E-state index in [1.165, 1.54) is 19.3 Å². The van der Waals surface area contributed by atoms with Crippen LogP contribution in [0.2, 0.25) is 0 Å². The van der Waals surface area contributed by atoms with Gasteiger partial charge >= 0.3 is 0 Å². The van der Waals surface area contributed by atoms with Crippen LogP contribution in [0.1, 0.15) is 100 Å². The number of nitrogens with zero attached hydrogens (tertiary/aromatic N) is 2. The van der Waals surface area contributed by atoms with Crippen molar-refractivity contribution >= 4 is 11.8 Å². The minimum Gasteiger partial charge on any atom is -0.354 e. The predicted octanol–water partition coefficient (Wildman–Crippen LogP) is 5.45. The molecule has 6 heteroatoms. The number of carbonyl (C=O) groups excluding carboxylic acids is 2. The summed E-state index contributed by atoms with van der Waals surface area (Å²) in [6.45, 7) is 17.9. The zero-order valence-electron chi connectivity index (χ0n) is 24.0. The maximum atomic E-state index is 14.8. The van der Waals surface area contributed by atoms with Crippen molar-refractivity contribution < 1.29 is 19.1 Å². The van der Waals surface area contributed by atoms with Crippen LogP contribution in [0, 0.1) is 40.9 Å². The van der Waals surface area contributed by atoms with Gasteiger partial charge in [-0.25, -0.2) is 0 Å². The van der Waals surface area contributed by atoms with Crippen LogP contribution in [-0.4, -0.2) is 58.4 Å². The molecule has 0 aromatic heterocycles. The highest BCUT2D eigenvalue weighted by Crippen LogP contribution is 2.64. The van der Waals surface area contributed by atoms with E-state index in [0.717, 1.165) is 37.0 Å². The van der Waals surface area contributed by atoms with Crippen molar-refractivity contribution in [2.24, 2.45) is 40.9 Å². The Labute approximate surface area is 218 Å². The van der Waals surface area contributed by atoms with Crippen LogP contribution in [0.15, 0.2) is 0 Å². The van der Waals surface area contributed by atoms with E-state index < -0.39 is 11.4 Å². The van der Waals surface area contributed by atoms with Gasteiger partial charge in [0.1, 0.15) is 11.4 Å². The number of rotatable bonds is 6. The van der Waals surface area contributed by atoms with Crippen LogP contribution >= 0.6 is 0 Å². The number of ether oxygens (including phenoxy) is 2. The lowest BCUT2D eigenvalue weighted by atomic mass is 9.46. The first-order valence-electron chi connectivity index (χ1n) is 14.7. The molecule has 6 rings (SSSR count). The van der Waals surface area contributed by atoms with E-state index in [9.17, 15) is 9.59 Å². The zero-order chi connectivity index (χ0) is 26.2. The molecule has 36 heavy (non-hydrogen) atoms. The normalized spacial score (nSPS) is 39.4. The van der Waals surface area contributed by atoms with Gasteiger partial charge in [-0.2, -0.15) is 0 Å². The topological polar surface area (TPSA) is 59.1 Å². The first kappa shape index (κ1) is 26.5. The van der Waals surface area contributed by atoms with Crippen molar-refractivity contribution in [2.45, 2.75) is 124 Å². The van der Waals surface area contributed by atoms with Crippen molar-refractivity contribution in [2.75, 3.05) is 13.2 Å². The van der Waals surface area contributed by atoms with Crippen LogP contribution in [0.4, 0.5) is 0 Å². The SMILES string of the molecule is CC(C)[C@H]1COC(C)(C)N1C(=O)C[C@@H](C(=O)N1[C@@H](C(C)C)COC1(C)C)C12CC3CC(CC(C3)C1)C2. The molecule has 6 nitrogen and oxygen atoms in total. The minimum absolute atomic E-state index is 0.0500. The second-order valence-corrected chi connectivity index (χ2v) is 14.6. The van der Waals surface area contributed by atoms with Gasteiger partial charge < -0.3 is 19.3 Å². The van der Waals surface area contributed by atoms with Crippen LogP contribution in [-0.2, 0) is 19.1 Å². The Balaban J connectivity index is 1.51. The van der Waals surface area contributed by atoms with Gasteiger partial charge in [0, 0.05) is 6.42 Å². The molecule has 0 N–H and O–H groups in total. The van der Waals surface area contributed by atoms with E-state index in [1.807, 2.05) is 37.5 Å². The molecule has 6 aliphatic rings. The molecule has 4 bridgehead atoms. The number of carbonyl (C=O) groups is 2. The average molecular weight is 503 g/mol. The van der Waals surface area contributed by atoms with Crippen molar-refractivity contribution in [3.63, 3.8) is 0 Å². The highest BCUT2D eigenvalue weighted by atomic mass is 16.5. The second-order valence-electron chi connectivity index (χ2n) is 14.6. The number of hydrogen-bond acceptors (Lipinski definition) is 4. The average Bonchev–Trinajstić information content (AvgIpc) is 3.25. The molecule has 2 saturated heterocycles. The fourth-order valence-corrected chi connectivity index (χ4v) is 9.17. The summed E-state index contributed by atoms with van der Waals surface area (Å²) in [6, 6.07) is 0.101. The maximum Gasteiger partial charge on any atom is 0.229 e. The van der Waals surface area contributed by atoms with Crippen molar-refractivity contribution in [1.29, 1.82) is 0 Å². The summed E-state index contributed by atoms with van der Waals surface area (Å²) in [5.41, 5.74) is -1.34. The van der Waals surface area contributed by atoms with E-state index >= 15 is 0 Å². The second kappa shape index (κ2) is 8.97. The molecule has 4 aliphatic carbocycles. The molecular formula is C30H50N2O4. The molecule has 204 valence electrons. The van der Waals surface area contributed by atoms with Crippen molar-refractivity contribution in [3.8, 4) is 0 Å². The Morgan fingerprint density at radius 2 is 1.17 bits per heavy atom. The summed E-state index contributed by atoms with van der Waals surface area (Å²) in [7, 11) is 0. The third-order valence-electron chi connectivity index (χ3n) is 10.6. The summed E-state index contributed by atoms with van der Waals surface area (Å²) in [5, 5.41) is 0. The quantitative estimate of drug-likeness (QED) is 0.485. The van der Waals surface area contributed by atoms with E-state index in [-0.39, 0.29) is 35.2 Å². The molecule has 3 atom stereocenters. The van der Waals surface area contributed by atoms with Crippen LogP contribution in [0.25, 0.3) is 0 Å². The number of hydrogen-bond donors (Lipinski definition) is 0. The van der Waals surface area contributed by atoms with E-state index in [1.54, 1.807) is 0 Å². The van der Waals surface area contributed by atoms with Gasteiger partial charge in [0.25, 0.3) is 0 Å². The van der Waals surface area contributed by atoms with E-state index in [4.69, 9.17) is 9.47 Å². The molecule has 0 aromatic rings. The van der Waals surface area contributed by atoms with Crippen molar-refractivity contribution in [3.05, 3.63) is 0 Å². The molecule has 0 aromatic carbocycles. The van der Waals surface area contributed by atoms with Gasteiger partial charge in [0.15, 0.2) is 0 Å². The zero-order valence-corrected chi connectivity index (χ0v) is 24.0. The monoisotopic (exact) mass is 502 g/mol. The Bertz CT molecular complexity index is 843. The third-order valence-corrected chi connectivity index (χ3v) is 10.6. The molecule has 4 saturated carbocycles. The first-order valence-corrected chi connectivity index (χ1v) is 14.7. The molecular weight excluding hydrogens is 452 g/mol. The smallest absolute Gasteiger partial charge is 0.229 e. The molecule has 2 heterocycles. The molecule has 6 fully saturated rings. The molecule has 2 aliphatic heterocycles. The first-order chi connectivity index (χ1) is 16.7. The minimum atomic E-state index is -0.647. The highest BCUT2D eigenvalue weighted by molar-refractivity contribution is 5.88. The van der Waals surface area contributed by atoms with Gasteiger partial charge in [0.2, 0.25) is 11.8 Å². The van der Waals surface area contributed by atoms with Gasteiger partial charge in [-0.1, -0.05) is 27.7 Å². The summed E-state index contributed by atoms with van der Waals surface area (Å²) < 4.78 is 12.3. The Hall–Kier alpha value is -1.14. The standard InChI is InChI=1S/C30H50N2O4/c1-18(2)24-16-35-28(5,6)31(24)26(33)12-23(27(34)32-25(19(3)4)17-36-29(32,7)8)30-13-20-9-21(14-30)11-22(10-20)15-30/h18-25H,9-17H2,1-8H3/t20?,21?,22?,23-,24+,25+,30?/m0/s1. The predicted molar refractivity (Wildman–Crippen MR) is 140 cm³/mol. The van der Waals surface area contributed by atoms with Crippen LogP contribution in [0.3, 0.4) is 0 Å². The summed E-state index contributed by atoms with van der Waals surface area (Å²) in [4.78, 5) is 33.0. The van der Waals surface area contributed by atoms with Gasteiger partial charge in [-0.05, 0) is 101 Å². The lowest BCUT2D eigenvalue weighted by molar-refractivity contribution is -0.172. The molecule has 0 unspecified atom stereocenters. The third kappa shape index (κ3) is 4.32. The molecule has 0 spiro atoms. The molecule has 2 amide bonds. The van der Waals surface area contributed by atoms with Gasteiger partial charge in [-0.3, -0.25) is 9.59 Å². The van der Waals surface area contributed by atoms with E-state index in [2.05, 4.69) is 27.7 Å². The maximum absolute atomic E-state index is 14.8. The summed E-state index contributed by atoms with van der Waals surface area (Å²) in [6.07, 6.45) is 7.59. The fourth-order valence-electron chi connectivity index (χ4n) is 9.17. The van der Waals surface area contributed by atoms with Crippen molar-refractivity contribution in [1.82, 2.24) is 9.80 Å². The lowest BCUT2D eigenvalue weighted by Gasteiger charge is -2.60.